The minimum Gasteiger partial charge on any atom is -0.493 e. The van der Waals surface area contributed by atoms with Crippen LogP contribution in [0.5, 0.6) is 11.5 Å². The first-order valence-electron chi connectivity index (χ1n) is 15.3. The van der Waals surface area contributed by atoms with Crippen molar-refractivity contribution < 1.29 is 27.5 Å². The average Bonchev–Trinajstić information content (AvgIpc) is 3.08. The third-order valence-electron chi connectivity index (χ3n) is 7.59. The van der Waals surface area contributed by atoms with Gasteiger partial charge in [-0.2, -0.15) is 0 Å². The number of methoxy groups -OCH3 is 2. The lowest BCUT2D eigenvalue weighted by molar-refractivity contribution is -0.140. The fraction of sp³-hybridized carbons (Fsp3) is 0.278. The summed E-state index contributed by atoms with van der Waals surface area (Å²) in [6, 6.07) is 25.7. The molecule has 1 unspecified atom stereocenters. The van der Waals surface area contributed by atoms with E-state index in [1.165, 1.54) is 61.6 Å². The molecule has 4 rings (SSSR count). The highest BCUT2D eigenvalue weighted by atomic mass is 35.5. The summed E-state index contributed by atoms with van der Waals surface area (Å²) in [6.07, 6.45) is 0.185. The van der Waals surface area contributed by atoms with Crippen LogP contribution in [-0.2, 0) is 32.6 Å². The van der Waals surface area contributed by atoms with E-state index in [4.69, 9.17) is 32.7 Å². The molecule has 2 amide bonds. The predicted molar refractivity (Wildman–Crippen MR) is 189 cm³/mol. The predicted octanol–water partition coefficient (Wildman–Crippen LogP) is 6.62. The van der Waals surface area contributed by atoms with Crippen LogP contribution in [0.25, 0.3) is 0 Å². The molecule has 48 heavy (non-hydrogen) atoms. The second-order valence-corrected chi connectivity index (χ2v) is 14.2. The molecule has 4 aromatic rings. The van der Waals surface area contributed by atoms with Crippen molar-refractivity contribution in [3.63, 3.8) is 0 Å². The third kappa shape index (κ3) is 9.21. The van der Waals surface area contributed by atoms with Gasteiger partial charge >= 0.3 is 0 Å². The van der Waals surface area contributed by atoms with Gasteiger partial charge in [-0.25, -0.2) is 8.42 Å². The number of halogens is 2. The Labute approximate surface area is 292 Å². The van der Waals surface area contributed by atoms with Crippen molar-refractivity contribution >= 4 is 50.7 Å². The molecule has 0 aliphatic carbocycles. The molecule has 254 valence electrons. The van der Waals surface area contributed by atoms with E-state index in [-0.39, 0.29) is 41.1 Å². The van der Waals surface area contributed by atoms with Crippen LogP contribution in [0.4, 0.5) is 5.69 Å². The topological polar surface area (TPSA) is 105 Å². The summed E-state index contributed by atoms with van der Waals surface area (Å²) >= 11 is 12.7. The summed E-state index contributed by atoms with van der Waals surface area (Å²) in [6.45, 7) is 3.66. The Morgan fingerprint density at radius 3 is 2.10 bits per heavy atom. The summed E-state index contributed by atoms with van der Waals surface area (Å²) in [5.41, 5.74) is 1.62. The number of hydrogen-bond donors (Lipinski definition) is 1. The molecule has 0 spiro atoms. The molecule has 0 aliphatic rings. The van der Waals surface area contributed by atoms with E-state index in [1.54, 1.807) is 24.3 Å². The number of anilines is 1. The molecule has 0 fully saturated rings. The fourth-order valence-corrected chi connectivity index (χ4v) is 6.78. The molecule has 4 aromatic carbocycles. The Morgan fingerprint density at radius 2 is 1.48 bits per heavy atom. The Bertz CT molecular complexity index is 1800. The number of nitrogens with zero attached hydrogens (tertiary/aromatic N) is 2. The fourth-order valence-electron chi connectivity index (χ4n) is 5.03. The van der Waals surface area contributed by atoms with E-state index in [0.29, 0.717) is 27.9 Å². The maximum Gasteiger partial charge on any atom is 0.264 e. The van der Waals surface area contributed by atoms with E-state index in [1.807, 2.05) is 44.2 Å². The number of amides is 2. The summed E-state index contributed by atoms with van der Waals surface area (Å²) < 4.78 is 40.4. The summed E-state index contributed by atoms with van der Waals surface area (Å²) in [5.74, 6) is -0.284. The van der Waals surface area contributed by atoms with Crippen molar-refractivity contribution in [1.29, 1.82) is 0 Å². The molecule has 1 atom stereocenters. The van der Waals surface area contributed by atoms with E-state index >= 15 is 0 Å². The standard InChI is InChI=1S/C36H39Cl2N3O6S/c1-25(2)22-39-36(43)32(20-26-10-6-5-7-11-26)40(23-27-12-8-9-13-31(27)38)35(42)24-41(29-16-14-28(37)15-17-29)48(44,45)30-18-19-33(46-3)34(21-30)47-4/h5-19,21,25,32H,20,22-24H2,1-4H3,(H,39,43). The van der Waals surface area contributed by atoms with Crippen molar-refractivity contribution in [3.05, 3.63) is 118 Å². The van der Waals surface area contributed by atoms with Crippen LogP contribution < -0.4 is 19.1 Å². The number of rotatable bonds is 15. The number of carbonyl (C=O) groups is 2. The van der Waals surface area contributed by atoms with Gasteiger partial charge in [0.2, 0.25) is 11.8 Å². The molecule has 0 radical (unpaired) electrons. The number of sulfonamides is 1. The molecular weight excluding hydrogens is 673 g/mol. The van der Waals surface area contributed by atoms with Crippen LogP contribution in [0.2, 0.25) is 10.0 Å². The largest absolute Gasteiger partial charge is 0.493 e. The van der Waals surface area contributed by atoms with Crippen molar-refractivity contribution in [3.8, 4) is 11.5 Å². The first kappa shape index (κ1) is 36.6. The normalized spacial score (nSPS) is 11.9. The molecule has 0 heterocycles. The SMILES string of the molecule is COc1ccc(S(=O)(=O)N(CC(=O)N(Cc2ccccc2Cl)C(Cc2ccccc2)C(=O)NCC(C)C)c2ccc(Cl)cc2)cc1OC. The quantitative estimate of drug-likeness (QED) is 0.149. The van der Waals surface area contributed by atoms with Gasteiger partial charge in [-0.05, 0) is 59.5 Å². The first-order chi connectivity index (χ1) is 22.9. The Hall–Kier alpha value is -4.25. The van der Waals surface area contributed by atoms with Gasteiger partial charge in [-0.3, -0.25) is 13.9 Å². The zero-order valence-electron chi connectivity index (χ0n) is 27.2. The molecule has 0 saturated heterocycles. The van der Waals surface area contributed by atoms with E-state index < -0.39 is 28.5 Å². The summed E-state index contributed by atoms with van der Waals surface area (Å²) in [4.78, 5) is 29.8. The van der Waals surface area contributed by atoms with E-state index in [2.05, 4.69) is 5.32 Å². The van der Waals surface area contributed by atoms with E-state index in [0.717, 1.165) is 9.87 Å². The van der Waals surface area contributed by atoms with Crippen LogP contribution in [-0.4, -0.2) is 58.5 Å². The Kier molecular flexibility index (Phi) is 12.7. The van der Waals surface area contributed by atoms with Crippen LogP contribution in [0.3, 0.4) is 0 Å². The molecule has 0 bridgehead atoms. The van der Waals surface area contributed by atoms with Crippen molar-refractivity contribution in [2.45, 2.75) is 37.8 Å². The van der Waals surface area contributed by atoms with Crippen molar-refractivity contribution in [1.82, 2.24) is 10.2 Å². The third-order valence-corrected chi connectivity index (χ3v) is 9.98. The van der Waals surface area contributed by atoms with Gasteiger partial charge in [-0.15, -0.1) is 0 Å². The summed E-state index contributed by atoms with van der Waals surface area (Å²) in [7, 11) is -1.53. The van der Waals surface area contributed by atoms with Crippen LogP contribution >= 0.6 is 23.2 Å². The Balaban J connectivity index is 1.83. The molecule has 0 aliphatic heterocycles. The maximum absolute atomic E-state index is 14.6. The van der Waals surface area contributed by atoms with Gasteiger partial charge in [0, 0.05) is 35.6 Å². The average molecular weight is 713 g/mol. The van der Waals surface area contributed by atoms with Gasteiger partial charge in [0.25, 0.3) is 10.0 Å². The molecule has 12 heteroatoms. The highest BCUT2D eigenvalue weighted by molar-refractivity contribution is 7.92. The number of benzene rings is 4. The smallest absolute Gasteiger partial charge is 0.264 e. The number of nitrogens with one attached hydrogen (secondary N) is 1. The highest BCUT2D eigenvalue weighted by Crippen LogP contribution is 2.33. The van der Waals surface area contributed by atoms with Gasteiger partial charge < -0.3 is 19.7 Å². The molecule has 1 N–H and O–H groups in total. The number of ether oxygens (including phenoxy) is 2. The second kappa shape index (κ2) is 16.7. The van der Waals surface area contributed by atoms with Crippen molar-refractivity contribution in [2.24, 2.45) is 5.92 Å². The molecule has 0 aromatic heterocycles. The maximum atomic E-state index is 14.6. The minimum atomic E-state index is -4.38. The lowest BCUT2D eigenvalue weighted by Gasteiger charge is -2.34. The van der Waals surface area contributed by atoms with E-state index in [9.17, 15) is 18.0 Å². The number of carbonyl (C=O) groups excluding carboxylic acids is 2. The Morgan fingerprint density at radius 1 is 0.833 bits per heavy atom. The molecule has 0 saturated carbocycles. The number of hydrogen-bond acceptors (Lipinski definition) is 6. The van der Waals surface area contributed by atoms with Gasteiger partial charge in [0.05, 0.1) is 24.8 Å². The zero-order valence-corrected chi connectivity index (χ0v) is 29.6. The monoisotopic (exact) mass is 711 g/mol. The minimum absolute atomic E-state index is 0.0457. The lowest BCUT2D eigenvalue weighted by atomic mass is 10.0. The van der Waals surface area contributed by atoms with Gasteiger partial charge in [0.1, 0.15) is 12.6 Å². The van der Waals surface area contributed by atoms with Crippen LogP contribution in [0, 0.1) is 5.92 Å². The zero-order chi connectivity index (χ0) is 34.8. The summed E-state index contributed by atoms with van der Waals surface area (Å²) in [5, 5.41) is 3.76. The first-order valence-corrected chi connectivity index (χ1v) is 17.5. The van der Waals surface area contributed by atoms with Gasteiger partial charge in [-0.1, -0.05) is 85.6 Å². The van der Waals surface area contributed by atoms with Crippen LogP contribution in [0.15, 0.2) is 102 Å². The van der Waals surface area contributed by atoms with Gasteiger partial charge in [0.15, 0.2) is 11.5 Å². The molecule has 9 nitrogen and oxygen atoms in total. The molecular formula is C36H39Cl2N3O6S. The van der Waals surface area contributed by atoms with Crippen molar-refractivity contribution in [2.75, 3.05) is 31.6 Å². The lowest BCUT2D eigenvalue weighted by Crippen LogP contribution is -2.53. The van der Waals surface area contributed by atoms with Crippen LogP contribution in [0.1, 0.15) is 25.0 Å². The highest BCUT2D eigenvalue weighted by Gasteiger charge is 2.35. The second-order valence-electron chi connectivity index (χ2n) is 11.5.